The number of aliphatic imine (C=N–C) groups is 1. The molecule has 0 amide bonds. The molecule has 0 aromatic heterocycles. The van der Waals surface area contributed by atoms with Crippen LogP contribution in [0.2, 0.25) is 0 Å². The minimum absolute atomic E-state index is 0.0104. The molecule has 0 unspecified atom stereocenters. The Bertz CT molecular complexity index is 166. The van der Waals surface area contributed by atoms with Gasteiger partial charge in [-0.2, -0.15) is 13.2 Å². The third-order valence-corrected chi connectivity index (χ3v) is 1.78. The molecule has 1 N–H and O–H groups in total. The molecular formula is C5H7F3N2S. The highest BCUT2D eigenvalue weighted by Gasteiger charge is 2.31. The van der Waals surface area contributed by atoms with Crippen molar-refractivity contribution >= 4 is 16.9 Å². The molecule has 2 nitrogen and oxygen atoms in total. The maximum Gasteiger partial charge on any atom is 0.449 e. The van der Waals surface area contributed by atoms with Gasteiger partial charge in [0.25, 0.3) is 0 Å². The smallest absolute Gasteiger partial charge is 0.365 e. The number of rotatable bonds is 0. The van der Waals surface area contributed by atoms with Gasteiger partial charge in [0.1, 0.15) is 0 Å². The minimum atomic E-state index is -4.22. The van der Waals surface area contributed by atoms with Crippen LogP contribution in [-0.4, -0.2) is 23.8 Å². The van der Waals surface area contributed by atoms with Gasteiger partial charge in [-0.3, -0.25) is 4.99 Å². The Labute approximate surface area is 66.3 Å². The van der Waals surface area contributed by atoms with Crippen molar-refractivity contribution in [1.29, 1.82) is 0 Å². The molecule has 0 spiro atoms. The van der Waals surface area contributed by atoms with Crippen molar-refractivity contribution in [2.24, 2.45) is 4.99 Å². The molecule has 0 fully saturated rings. The molecular weight excluding hydrogens is 177 g/mol. The van der Waals surface area contributed by atoms with Gasteiger partial charge in [-0.05, 0) is 6.42 Å². The topological polar surface area (TPSA) is 24.4 Å². The van der Waals surface area contributed by atoms with Crippen LogP contribution in [0.3, 0.4) is 0 Å². The molecule has 1 heterocycles. The van der Waals surface area contributed by atoms with Crippen molar-refractivity contribution in [3.8, 4) is 0 Å². The van der Waals surface area contributed by atoms with Crippen LogP contribution in [0, 0.1) is 0 Å². The third kappa shape index (κ3) is 3.50. The Morgan fingerprint density at radius 1 is 1.45 bits per heavy atom. The Morgan fingerprint density at radius 3 is 2.64 bits per heavy atom. The maximum absolute atomic E-state index is 11.7. The average Bonchev–Trinajstić information content (AvgIpc) is 1.85. The predicted molar refractivity (Wildman–Crippen MR) is 38.6 cm³/mol. The lowest BCUT2D eigenvalue weighted by Crippen LogP contribution is -2.29. The number of alkyl halides is 3. The van der Waals surface area contributed by atoms with Crippen molar-refractivity contribution in [3.05, 3.63) is 0 Å². The van der Waals surface area contributed by atoms with Gasteiger partial charge in [0.2, 0.25) is 0 Å². The number of hydrogen-bond acceptors (Lipinski definition) is 3. The average molecular weight is 184 g/mol. The van der Waals surface area contributed by atoms with Crippen LogP contribution < -0.4 is 5.32 Å². The first-order chi connectivity index (χ1) is 5.08. The summed E-state index contributed by atoms with van der Waals surface area (Å²) in [6.07, 6.45) is 0.807. The third-order valence-electron chi connectivity index (χ3n) is 1.08. The van der Waals surface area contributed by atoms with Crippen LogP contribution in [0.1, 0.15) is 6.42 Å². The second-order valence-electron chi connectivity index (χ2n) is 2.02. The fraction of sp³-hybridized carbons (Fsp3) is 0.800. The van der Waals surface area contributed by atoms with Crippen molar-refractivity contribution in [2.45, 2.75) is 11.9 Å². The molecule has 0 radical (unpaired) electrons. The molecule has 1 aliphatic heterocycles. The van der Waals surface area contributed by atoms with Crippen LogP contribution in [0.15, 0.2) is 4.99 Å². The Morgan fingerprint density at radius 2 is 2.18 bits per heavy atom. The summed E-state index contributed by atoms with van der Waals surface area (Å²) in [4.78, 5) is 3.66. The summed E-state index contributed by atoms with van der Waals surface area (Å²) >= 11 is -0.183. The molecule has 6 heteroatoms. The van der Waals surface area contributed by atoms with E-state index in [1.54, 1.807) is 0 Å². The standard InChI is InChI=1S/C5H7F3N2S/c6-5(7,8)11-4-9-2-1-3-10-4/h1-3H2,(H,9,10). The summed E-state index contributed by atoms with van der Waals surface area (Å²) in [5.41, 5.74) is -4.22. The van der Waals surface area contributed by atoms with E-state index in [1.165, 1.54) is 0 Å². The molecule has 0 atom stereocenters. The molecule has 1 rings (SSSR count). The number of nitrogens with one attached hydrogen (secondary N) is 1. The summed E-state index contributed by atoms with van der Waals surface area (Å²) in [6.45, 7) is 1.08. The summed E-state index contributed by atoms with van der Waals surface area (Å²) in [7, 11) is 0. The first kappa shape index (κ1) is 8.70. The van der Waals surface area contributed by atoms with Gasteiger partial charge in [0, 0.05) is 24.9 Å². The highest BCUT2D eigenvalue weighted by atomic mass is 32.2. The SMILES string of the molecule is FC(F)(F)SC1=NCCCN1. The zero-order valence-corrected chi connectivity index (χ0v) is 6.43. The van der Waals surface area contributed by atoms with Crippen LogP contribution in [0.25, 0.3) is 0 Å². The van der Waals surface area contributed by atoms with Crippen molar-refractivity contribution in [1.82, 2.24) is 5.32 Å². The Kier molecular flexibility index (Phi) is 2.64. The Balaban J connectivity index is 2.42. The Hall–Kier alpha value is -0.390. The second kappa shape index (κ2) is 3.34. The summed E-state index contributed by atoms with van der Waals surface area (Å²) in [6, 6.07) is 0. The lowest BCUT2D eigenvalue weighted by molar-refractivity contribution is -0.0316. The highest BCUT2D eigenvalue weighted by Crippen LogP contribution is 2.30. The van der Waals surface area contributed by atoms with Gasteiger partial charge in [-0.1, -0.05) is 0 Å². The minimum Gasteiger partial charge on any atom is -0.365 e. The first-order valence-electron chi connectivity index (χ1n) is 3.12. The molecule has 11 heavy (non-hydrogen) atoms. The van der Waals surface area contributed by atoms with E-state index in [0.717, 1.165) is 6.42 Å². The summed E-state index contributed by atoms with van der Waals surface area (Å²) in [5, 5.41) is 2.56. The predicted octanol–water partition coefficient (Wildman–Crippen LogP) is 1.59. The van der Waals surface area contributed by atoms with Gasteiger partial charge in [0.15, 0.2) is 5.17 Å². The molecule has 0 aromatic carbocycles. The molecule has 1 aliphatic rings. The molecule has 0 saturated carbocycles. The van der Waals surface area contributed by atoms with E-state index < -0.39 is 5.51 Å². The van der Waals surface area contributed by atoms with Crippen LogP contribution in [0.5, 0.6) is 0 Å². The van der Waals surface area contributed by atoms with E-state index >= 15 is 0 Å². The van der Waals surface area contributed by atoms with E-state index in [2.05, 4.69) is 10.3 Å². The van der Waals surface area contributed by atoms with Crippen LogP contribution >= 0.6 is 11.8 Å². The first-order valence-corrected chi connectivity index (χ1v) is 3.94. The quantitative estimate of drug-likeness (QED) is 0.618. The lowest BCUT2D eigenvalue weighted by atomic mass is 10.4. The second-order valence-corrected chi connectivity index (χ2v) is 3.07. The van der Waals surface area contributed by atoms with Crippen molar-refractivity contribution < 1.29 is 13.2 Å². The van der Waals surface area contributed by atoms with Crippen molar-refractivity contribution in [3.63, 3.8) is 0 Å². The van der Waals surface area contributed by atoms with E-state index in [9.17, 15) is 13.2 Å². The molecule has 64 valence electrons. The molecule has 0 aromatic rings. The zero-order chi connectivity index (χ0) is 8.32. The molecule has 0 bridgehead atoms. The normalized spacial score (nSPS) is 19.0. The maximum atomic E-state index is 11.7. The molecule has 0 saturated heterocycles. The largest absolute Gasteiger partial charge is 0.449 e. The fourth-order valence-corrected chi connectivity index (χ4v) is 1.24. The summed E-state index contributed by atoms with van der Waals surface area (Å²) < 4.78 is 35.0. The van der Waals surface area contributed by atoms with Crippen molar-refractivity contribution in [2.75, 3.05) is 13.1 Å². The number of amidine groups is 1. The van der Waals surface area contributed by atoms with E-state index in [0.29, 0.717) is 13.1 Å². The van der Waals surface area contributed by atoms with Gasteiger partial charge >= 0.3 is 5.51 Å². The lowest BCUT2D eigenvalue weighted by Gasteiger charge is -2.14. The number of nitrogens with zero attached hydrogens (tertiary/aromatic N) is 1. The zero-order valence-electron chi connectivity index (χ0n) is 5.61. The van der Waals surface area contributed by atoms with Crippen LogP contribution in [-0.2, 0) is 0 Å². The summed E-state index contributed by atoms with van der Waals surface area (Å²) in [5.74, 6) is 0. The van der Waals surface area contributed by atoms with E-state index in [1.807, 2.05) is 0 Å². The monoisotopic (exact) mass is 184 g/mol. The van der Waals surface area contributed by atoms with Gasteiger partial charge in [0.05, 0.1) is 0 Å². The fourth-order valence-electron chi connectivity index (χ4n) is 0.689. The number of thioether (sulfide) groups is 1. The van der Waals surface area contributed by atoms with Crippen LogP contribution in [0.4, 0.5) is 13.2 Å². The van der Waals surface area contributed by atoms with E-state index in [-0.39, 0.29) is 16.9 Å². The number of halogens is 3. The highest BCUT2D eigenvalue weighted by molar-refractivity contribution is 8.14. The number of hydrogen-bond donors (Lipinski definition) is 1. The molecule has 0 aliphatic carbocycles. The van der Waals surface area contributed by atoms with E-state index in [4.69, 9.17) is 0 Å². The van der Waals surface area contributed by atoms with Gasteiger partial charge in [-0.25, -0.2) is 0 Å². The van der Waals surface area contributed by atoms with Gasteiger partial charge in [-0.15, -0.1) is 0 Å². The van der Waals surface area contributed by atoms with Gasteiger partial charge < -0.3 is 5.32 Å².